The summed E-state index contributed by atoms with van der Waals surface area (Å²) in [6.45, 7) is 5.88. The predicted octanol–water partition coefficient (Wildman–Crippen LogP) is 1.46. The number of hydrogen-bond acceptors (Lipinski definition) is 4. The van der Waals surface area contributed by atoms with Crippen molar-refractivity contribution in [1.29, 1.82) is 5.26 Å². The van der Waals surface area contributed by atoms with E-state index in [0.717, 1.165) is 17.0 Å². The number of aromatic nitrogens is 4. The molecule has 0 saturated carbocycles. The number of hydrogen-bond donors (Lipinski definition) is 0. The molecule has 0 radical (unpaired) electrons. The maximum atomic E-state index is 8.95. The molecule has 2 aromatic rings. The highest BCUT2D eigenvalue weighted by atomic mass is 15.3. The highest BCUT2D eigenvalue weighted by molar-refractivity contribution is 5.40. The maximum Gasteiger partial charge on any atom is 0.190 e. The predicted molar refractivity (Wildman–Crippen MR) is 58.1 cm³/mol. The zero-order valence-corrected chi connectivity index (χ0v) is 9.39. The zero-order chi connectivity index (χ0) is 11.7. The van der Waals surface area contributed by atoms with Gasteiger partial charge in [-0.3, -0.25) is 0 Å². The van der Waals surface area contributed by atoms with Gasteiger partial charge in [0.25, 0.3) is 0 Å². The third-order valence-electron chi connectivity index (χ3n) is 2.64. The largest absolute Gasteiger partial charge is 0.240 e. The Hall–Kier alpha value is -2.22. The standard InChI is InChI=1S/C11H11N5/c1-7-8(2)15-16(9(7)3)11-10(6-12)13-4-5-14-11/h4-5H,1-3H3. The van der Waals surface area contributed by atoms with Crippen LogP contribution in [0.1, 0.15) is 22.6 Å². The van der Waals surface area contributed by atoms with Crippen molar-refractivity contribution in [3.05, 3.63) is 35.0 Å². The fourth-order valence-electron chi connectivity index (χ4n) is 1.49. The Morgan fingerprint density at radius 1 is 1.19 bits per heavy atom. The Balaban J connectivity index is 2.69. The van der Waals surface area contributed by atoms with Crippen molar-refractivity contribution in [2.75, 3.05) is 0 Å². The summed E-state index contributed by atoms with van der Waals surface area (Å²) in [6.07, 6.45) is 3.06. The van der Waals surface area contributed by atoms with Crippen molar-refractivity contribution in [3.63, 3.8) is 0 Å². The van der Waals surface area contributed by atoms with E-state index in [0.29, 0.717) is 5.82 Å². The molecule has 0 atom stereocenters. The summed E-state index contributed by atoms with van der Waals surface area (Å²) in [7, 11) is 0. The fourth-order valence-corrected chi connectivity index (χ4v) is 1.49. The van der Waals surface area contributed by atoms with Crippen LogP contribution in [-0.4, -0.2) is 19.7 Å². The molecule has 0 bridgehead atoms. The van der Waals surface area contributed by atoms with E-state index >= 15 is 0 Å². The average molecular weight is 213 g/mol. The van der Waals surface area contributed by atoms with E-state index in [-0.39, 0.29) is 5.69 Å². The zero-order valence-electron chi connectivity index (χ0n) is 9.39. The molecule has 0 N–H and O–H groups in total. The van der Waals surface area contributed by atoms with E-state index in [4.69, 9.17) is 5.26 Å². The van der Waals surface area contributed by atoms with Crippen molar-refractivity contribution in [3.8, 4) is 11.9 Å². The van der Waals surface area contributed by atoms with Crippen LogP contribution in [0.15, 0.2) is 12.4 Å². The summed E-state index contributed by atoms with van der Waals surface area (Å²) in [4.78, 5) is 8.12. The third-order valence-corrected chi connectivity index (χ3v) is 2.64. The van der Waals surface area contributed by atoms with Gasteiger partial charge < -0.3 is 0 Å². The topological polar surface area (TPSA) is 67.4 Å². The minimum atomic E-state index is 0.285. The van der Waals surface area contributed by atoms with E-state index in [1.165, 1.54) is 6.20 Å². The van der Waals surface area contributed by atoms with Crippen molar-refractivity contribution in [2.45, 2.75) is 20.8 Å². The van der Waals surface area contributed by atoms with Crippen LogP contribution < -0.4 is 0 Å². The maximum absolute atomic E-state index is 8.95. The summed E-state index contributed by atoms with van der Waals surface area (Å²) in [5, 5.41) is 13.3. The number of rotatable bonds is 1. The SMILES string of the molecule is Cc1nn(-c2nccnc2C#N)c(C)c1C. The van der Waals surface area contributed by atoms with Gasteiger partial charge in [-0.15, -0.1) is 0 Å². The molecule has 0 aliphatic heterocycles. The molecule has 2 rings (SSSR count). The highest BCUT2D eigenvalue weighted by Crippen LogP contribution is 2.16. The number of nitriles is 1. The second-order valence-electron chi connectivity index (χ2n) is 3.55. The van der Waals surface area contributed by atoms with Gasteiger partial charge in [-0.2, -0.15) is 10.4 Å². The molecule has 0 saturated heterocycles. The van der Waals surface area contributed by atoms with Gasteiger partial charge in [0, 0.05) is 18.1 Å². The lowest BCUT2D eigenvalue weighted by Crippen LogP contribution is -2.06. The molecule has 80 valence electrons. The van der Waals surface area contributed by atoms with E-state index in [9.17, 15) is 0 Å². The van der Waals surface area contributed by atoms with Crippen LogP contribution >= 0.6 is 0 Å². The van der Waals surface area contributed by atoms with Crippen LogP contribution in [-0.2, 0) is 0 Å². The van der Waals surface area contributed by atoms with Gasteiger partial charge in [-0.25, -0.2) is 14.6 Å². The molecule has 0 spiro atoms. The lowest BCUT2D eigenvalue weighted by atomic mass is 10.2. The lowest BCUT2D eigenvalue weighted by Gasteiger charge is -2.03. The minimum absolute atomic E-state index is 0.285. The molecule has 0 unspecified atom stereocenters. The molecular formula is C11H11N5. The first-order chi connectivity index (χ1) is 7.65. The van der Waals surface area contributed by atoms with E-state index in [1.807, 2.05) is 26.8 Å². The molecule has 0 aromatic carbocycles. The van der Waals surface area contributed by atoms with Gasteiger partial charge in [0.05, 0.1) is 5.69 Å². The van der Waals surface area contributed by atoms with Crippen LogP contribution in [0.5, 0.6) is 0 Å². The molecule has 2 heterocycles. The van der Waals surface area contributed by atoms with E-state index in [1.54, 1.807) is 10.9 Å². The molecular weight excluding hydrogens is 202 g/mol. The summed E-state index contributed by atoms with van der Waals surface area (Å²) in [6, 6.07) is 2.02. The Morgan fingerprint density at radius 2 is 1.88 bits per heavy atom. The smallest absolute Gasteiger partial charge is 0.190 e. The molecule has 5 heteroatoms. The van der Waals surface area contributed by atoms with Crippen molar-refractivity contribution >= 4 is 0 Å². The van der Waals surface area contributed by atoms with Crippen LogP contribution in [0.3, 0.4) is 0 Å². The van der Waals surface area contributed by atoms with Crippen LogP contribution in [0.25, 0.3) is 5.82 Å². The van der Waals surface area contributed by atoms with Crippen LogP contribution in [0, 0.1) is 32.1 Å². The first kappa shape index (κ1) is 10.3. The number of nitrogens with zero attached hydrogens (tertiary/aromatic N) is 5. The Morgan fingerprint density at radius 3 is 2.44 bits per heavy atom. The van der Waals surface area contributed by atoms with Gasteiger partial charge in [0.15, 0.2) is 11.5 Å². The van der Waals surface area contributed by atoms with Crippen LogP contribution in [0.2, 0.25) is 0 Å². The second kappa shape index (κ2) is 3.74. The molecule has 0 fully saturated rings. The van der Waals surface area contributed by atoms with Crippen LogP contribution in [0.4, 0.5) is 0 Å². The molecule has 2 aromatic heterocycles. The fraction of sp³-hybridized carbons (Fsp3) is 0.273. The first-order valence-corrected chi connectivity index (χ1v) is 4.89. The molecule has 0 aliphatic carbocycles. The van der Waals surface area contributed by atoms with Gasteiger partial charge in [-0.05, 0) is 26.3 Å². The second-order valence-corrected chi connectivity index (χ2v) is 3.55. The normalized spacial score (nSPS) is 10.1. The molecule has 0 aliphatic rings. The van der Waals surface area contributed by atoms with E-state index in [2.05, 4.69) is 15.1 Å². The quantitative estimate of drug-likeness (QED) is 0.719. The summed E-state index contributed by atoms with van der Waals surface area (Å²) >= 11 is 0. The van der Waals surface area contributed by atoms with Crippen molar-refractivity contribution in [1.82, 2.24) is 19.7 Å². The van der Waals surface area contributed by atoms with E-state index < -0.39 is 0 Å². The van der Waals surface area contributed by atoms with Crippen molar-refractivity contribution < 1.29 is 0 Å². The van der Waals surface area contributed by atoms with Gasteiger partial charge in [-0.1, -0.05) is 0 Å². The average Bonchev–Trinajstić information content (AvgIpc) is 2.57. The summed E-state index contributed by atoms with van der Waals surface area (Å²) < 4.78 is 1.66. The molecule has 0 amide bonds. The Labute approximate surface area is 93.4 Å². The minimum Gasteiger partial charge on any atom is -0.240 e. The first-order valence-electron chi connectivity index (χ1n) is 4.89. The molecule has 5 nitrogen and oxygen atoms in total. The number of aryl methyl sites for hydroxylation is 1. The molecule has 16 heavy (non-hydrogen) atoms. The van der Waals surface area contributed by atoms with Gasteiger partial charge >= 0.3 is 0 Å². The third kappa shape index (κ3) is 1.44. The Kier molecular flexibility index (Phi) is 2.41. The van der Waals surface area contributed by atoms with Gasteiger partial charge in [0.2, 0.25) is 0 Å². The van der Waals surface area contributed by atoms with Crippen molar-refractivity contribution in [2.24, 2.45) is 0 Å². The lowest BCUT2D eigenvalue weighted by molar-refractivity contribution is 0.794. The monoisotopic (exact) mass is 213 g/mol. The Bertz CT molecular complexity index is 577. The highest BCUT2D eigenvalue weighted by Gasteiger charge is 2.13. The summed E-state index contributed by atoms with van der Waals surface area (Å²) in [5.74, 6) is 0.485. The summed E-state index contributed by atoms with van der Waals surface area (Å²) in [5.41, 5.74) is 3.31. The van der Waals surface area contributed by atoms with Gasteiger partial charge in [0.1, 0.15) is 6.07 Å².